The molecule has 1 aromatic rings. The van der Waals surface area contributed by atoms with E-state index in [0.717, 1.165) is 17.5 Å². The van der Waals surface area contributed by atoms with Crippen LogP contribution in [0.5, 0.6) is 5.88 Å². The number of rotatable bonds is 5. The number of aromatic nitrogens is 1. The standard InChI is InChI=1S/C11H14N4O/c1-9-7-10(8-13-11(9)16-2)5-3-4-6-14-15-12/h3,5,7-8H,4,6H2,1-2H3. The van der Waals surface area contributed by atoms with Crippen molar-refractivity contribution in [3.05, 3.63) is 39.9 Å². The molecule has 0 spiro atoms. The third kappa shape index (κ3) is 3.63. The zero-order chi connectivity index (χ0) is 11.8. The van der Waals surface area contributed by atoms with Gasteiger partial charge in [-0.1, -0.05) is 17.3 Å². The monoisotopic (exact) mass is 218 g/mol. The molecule has 0 aliphatic rings. The van der Waals surface area contributed by atoms with Crippen molar-refractivity contribution in [1.29, 1.82) is 0 Å². The van der Waals surface area contributed by atoms with Crippen molar-refractivity contribution < 1.29 is 4.74 Å². The van der Waals surface area contributed by atoms with Crippen LogP contribution in [0, 0.1) is 6.92 Å². The van der Waals surface area contributed by atoms with E-state index in [1.807, 2.05) is 25.1 Å². The molecule has 1 rings (SSSR count). The maximum absolute atomic E-state index is 8.09. The molecule has 1 aromatic heterocycles. The number of hydrogen-bond donors (Lipinski definition) is 0. The lowest BCUT2D eigenvalue weighted by molar-refractivity contribution is 0.394. The average Bonchev–Trinajstić information content (AvgIpc) is 2.29. The fraction of sp³-hybridized carbons (Fsp3) is 0.364. The molecule has 0 bridgehead atoms. The highest BCUT2D eigenvalue weighted by Crippen LogP contribution is 2.15. The summed E-state index contributed by atoms with van der Waals surface area (Å²) in [4.78, 5) is 6.84. The highest BCUT2D eigenvalue weighted by molar-refractivity contribution is 5.50. The molecule has 0 atom stereocenters. The van der Waals surface area contributed by atoms with E-state index in [1.54, 1.807) is 13.3 Å². The maximum atomic E-state index is 8.09. The van der Waals surface area contributed by atoms with Crippen molar-refractivity contribution in [1.82, 2.24) is 4.98 Å². The van der Waals surface area contributed by atoms with E-state index in [4.69, 9.17) is 10.3 Å². The van der Waals surface area contributed by atoms with Gasteiger partial charge in [-0.2, -0.15) is 0 Å². The summed E-state index contributed by atoms with van der Waals surface area (Å²) >= 11 is 0. The van der Waals surface area contributed by atoms with E-state index in [9.17, 15) is 0 Å². The smallest absolute Gasteiger partial charge is 0.215 e. The van der Waals surface area contributed by atoms with Gasteiger partial charge in [0.05, 0.1) is 7.11 Å². The van der Waals surface area contributed by atoms with Crippen LogP contribution in [0.4, 0.5) is 0 Å². The number of azide groups is 1. The van der Waals surface area contributed by atoms with Gasteiger partial charge < -0.3 is 4.74 Å². The lowest BCUT2D eigenvalue weighted by Gasteiger charge is -2.03. The average molecular weight is 218 g/mol. The van der Waals surface area contributed by atoms with Crippen LogP contribution < -0.4 is 4.74 Å². The van der Waals surface area contributed by atoms with Gasteiger partial charge in [0.15, 0.2) is 0 Å². The Morgan fingerprint density at radius 1 is 1.62 bits per heavy atom. The first-order valence-corrected chi connectivity index (χ1v) is 4.96. The fourth-order valence-electron chi connectivity index (χ4n) is 1.29. The van der Waals surface area contributed by atoms with E-state index < -0.39 is 0 Å². The Kier molecular flexibility index (Phi) is 4.89. The third-order valence-corrected chi connectivity index (χ3v) is 2.01. The molecule has 0 aliphatic carbocycles. The second kappa shape index (κ2) is 6.48. The van der Waals surface area contributed by atoms with Gasteiger partial charge in [0.2, 0.25) is 5.88 Å². The summed E-state index contributed by atoms with van der Waals surface area (Å²) in [6.45, 7) is 2.43. The molecule has 0 radical (unpaired) electrons. The Balaban J connectivity index is 2.60. The highest BCUT2D eigenvalue weighted by atomic mass is 16.5. The summed E-state index contributed by atoms with van der Waals surface area (Å²) < 4.78 is 5.07. The Hall–Kier alpha value is -2.00. The van der Waals surface area contributed by atoms with Crippen LogP contribution in [0.1, 0.15) is 17.5 Å². The lowest BCUT2D eigenvalue weighted by Crippen LogP contribution is -1.91. The van der Waals surface area contributed by atoms with Crippen molar-refractivity contribution in [3.8, 4) is 5.88 Å². The summed E-state index contributed by atoms with van der Waals surface area (Å²) in [5.41, 5.74) is 10.1. The molecule has 0 unspecified atom stereocenters. The zero-order valence-electron chi connectivity index (χ0n) is 9.42. The summed E-state index contributed by atoms with van der Waals surface area (Å²) in [6, 6.07) is 2.00. The second-order valence-corrected chi connectivity index (χ2v) is 3.24. The molecule has 5 nitrogen and oxygen atoms in total. The van der Waals surface area contributed by atoms with Gasteiger partial charge in [0.25, 0.3) is 0 Å². The van der Waals surface area contributed by atoms with E-state index >= 15 is 0 Å². The first-order chi connectivity index (χ1) is 7.77. The molecule has 0 saturated carbocycles. The van der Waals surface area contributed by atoms with Gasteiger partial charge in [0.1, 0.15) is 0 Å². The number of nitrogens with zero attached hydrogens (tertiary/aromatic N) is 4. The van der Waals surface area contributed by atoms with E-state index in [2.05, 4.69) is 15.0 Å². The minimum absolute atomic E-state index is 0.482. The van der Waals surface area contributed by atoms with Crippen molar-refractivity contribution in [2.75, 3.05) is 13.7 Å². The van der Waals surface area contributed by atoms with Crippen LogP contribution in [-0.4, -0.2) is 18.6 Å². The number of aryl methyl sites for hydroxylation is 1. The molecule has 1 heterocycles. The summed E-state index contributed by atoms with van der Waals surface area (Å²) in [7, 11) is 1.60. The molecule has 5 heteroatoms. The Bertz CT molecular complexity index is 422. The molecule has 0 amide bonds. The summed E-state index contributed by atoms with van der Waals surface area (Å²) in [5, 5.41) is 3.44. The number of pyridine rings is 1. The van der Waals surface area contributed by atoms with Crippen molar-refractivity contribution in [2.24, 2.45) is 5.11 Å². The summed E-state index contributed by atoms with van der Waals surface area (Å²) in [6.07, 6.45) is 6.38. The predicted molar refractivity (Wildman–Crippen MR) is 63.2 cm³/mol. The fourth-order valence-corrected chi connectivity index (χ4v) is 1.29. The molecule has 0 aliphatic heterocycles. The molecule has 0 saturated heterocycles. The minimum atomic E-state index is 0.482. The van der Waals surface area contributed by atoms with Gasteiger partial charge in [-0.05, 0) is 30.5 Å². The molecule has 0 fully saturated rings. The highest BCUT2D eigenvalue weighted by Gasteiger charge is 1.98. The van der Waals surface area contributed by atoms with Crippen LogP contribution in [0.2, 0.25) is 0 Å². The largest absolute Gasteiger partial charge is 0.481 e. The van der Waals surface area contributed by atoms with Gasteiger partial charge in [0, 0.05) is 23.2 Å². The SMILES string of the molecule is COc1ncc(C=CCCN=[N+]=[N-])cc1C. The van der Waals surface area contributed by atoms with Crippen LogP contribution >= 0.6 is 0 Å². The molecule has 84 valence electrons. The number of ether oxygens (including phenoxy) is 1. The van der Waals surface area contributed by atoms with E-state index in [-0.39, 0.29) is 0 Å². The second-order valence-electron chi connectivity index (χ2n) is 3.24. The Morgan fingerprint density at radius 3 is 3.06 bits per heavy atom. The molecule has 0 N–H and O–H groups in total. The van der Waals surface area contributed by atoms with Crippen molar-refractivity contribution in [2.45, 2.75) is 13.3 Å². The Labute approximate surface area is 94.4 Å². The quantitative estimate of drug-likeness (QED) is 0.329. The third-order valence-electron chi connectivity index (χ3n) is 2.01. The van der Waals surface area contributed by atoms with Crippen molar-refractivity contribution >= 4 is 6.08 Å². The van der Waals surface area contributed by atoms with Crippen LogP contribution in [-0.2, 0) is 0 Å². The van der Waals surface area contributed by atoms with Gasteiger partial charge in [-0.3, -0.25) is 0 Å². The molecular formula is C11H14N4O. The van der Waals surface area contributed by atoms with Crippen LogP contribution in [0.25, 0.3) is 16.5 Å². The van der Waals surface area contributed by atoms with E-state index in [1.165, 1.54) is 0 Å². The Morgan fingerprint density at radius 2 is 2.44 bits per heavy atom. The van der Waals surface area contributed by atoms with Crippen LogP contribution in [0.3, 0.4) is 0 Å². The summed E-state index contributed by atoms with van der Waals surface area (Å²) in [5.74, 6) is 0.645. The van der Waals surface area contributed by atoms with Gasteiger partial charge >= 0.3 is 0 Å². The molecule has 16 heavy (non-hydrogen) atoms. The van der Waals surface area contributed by atoms with Crippen molar-refractivity contribution in [3.63, 3.8) is 0 Å². The van der Waals surface area contributed by atoms with Crippen LogP contribution in [0.15, 0.2) is 23.5 Å². The minimum Gasteiger partial charge on any atom is -0.481 e. The number of methoxy groups -OCH3 is 1. The van der Waals surface area contributed by atoms with Gasteiger partial charge in [-0.15, -0.1) is 0 Å². The lowest BCUT2D eigenvalue weighted by atomic mass is 10.2. The van der Waals surface area contributed by atoms with E-state index in [0.29, 0.717) is 12.4 Å². The first kappa shape index (κ1) is 12.1. The zero-order valence-corrected chi connectivity index (χ0v) is 9.42. The maximum Gasteiger partial charge on any atom is 0.215 e. The molecular weight excluding hydrogens is 204 g/mol. The molecule has 0 aromatic carbocycles. The predicted octanol–water partition coefficient (Wildman–Crippen LogP) is 3.11. The number of hydrogen-bond acceptors (Lipinski definition) is 3. The first-order valence-electron chi connectivity index (χ1n) is 4.96. The topological polar surface area (TPSA) is 70.9 Å². The normalized spacial score (nSPS) is 10.1. The van der Waals surface area contributed by atoms with Gasteiger partial charge in [-0.25, -0.2) is 4.98 Å².